The van der Waals surface area contributed by atoms with Crippen molar-refractivity contribution in [1.82, 2.24) is 5.32 Å². The molecular weight excluding hydrogens is 366 g/mol. The van der Waals surface area contributed by atoms with Gasteiger partial charge >= 0.3 is 5.97 Å². The van der Waals surface area contributed by atoms with Crippen molar-refractivity contribution in [3.63, 3.8) is 0 Å². The molecule has 5 heteroatoms. The van der Waals surface area contributed by atoms with Gasteiger partial charge < -0.3 is 15.2 Å². The van der Waals surface area contributed by atoms with Crippen LogP contribution in [0.15, 0.2) is 54.6 Å². The van der Waals surface area contributed by atoms with Crippen LogP contribution in [0.3, 0.4) is 0 Å². The predicted octanol–water partition coefficient (Wildman–Crippen LogP) is 4.21. The first kappa shape index (κ1) is 20.9. The molecule has 29 heavy (non-hydrogen) atoms. The van der Waals surface area contributed by atoms with E-state index in [-0.39, 0.29) is 5.91 Å². The quantitative estimate of drug-likeness (QED) is 0.624. The van der Waals surface area contributed by atoms with Crippen molar-refractivity contribution in [3.8, 4) is 5.75 Å². The van der Waals surface area contributed by atoms with Crippen LogP contribution in [-0.4, -0.2) is 23.6 Å². The smallest absolute Gasteiger partial charge is 0.307 e. The van der Waals surface area contributed by atoms with Crippen LogP contribution in [0.1, 0.15) is 43.2 Å². The fourth-order valence-electron chi connectivity index (χ4n) is 3.95. The normalized spacial score (nSPS) is 18.8. The lowest BCUT2D eigenvalue weighted by molar-refractivity contribution is -0.148. The number of rotatable bonds is 9. The number of ether oxygens (including phenoxy) is 1. The molecule has 5 nitrogen and oxygen atoms in total. The number of para-hydroxylation sites is 1. The van der Waals surface area contributed by atoms with Crippen molar-refractivity contribution in [2.45, 2.75) is 45.1 Å². The van der Waals surface area contributed by atoms with Crippen molar-refractivity contribution < 1.29 is 19.4 Å². The first-order valence-corrected chi connectivity index (χ1v) is 10.4. The molecule has 1 amide bonds. The van der Waals surface area contributed by atoms with E-state index in [0.717, 1.165) is 37.0 Å². The molecule has 1 aliphatic carbocycles. The van der Waals surface area contributed by atoms with E-state index in [9.17, 15) is 14.7 Å². The van der Waals surface area contributed by atoms with Gasteiger partial charge in [-0.2, -0.15) is 0 Å². The van der Waals surface area contributed by atoms with Gasteiger partial charge in [-0.3, -0.25) is 9.59 Å². The zero-order valence-corrected chi connectivity index (χ0v) is 16.7. The molecule has 1 saturated carbocycles. The fraction of sp³-hybridized carbons (Fsp3) is 0.417. The summed E-state index contributed by atoms with van der Waals surface area (Å²) in [5, 5.41) is 12.3. The summed E-state index contributed by atoms with van der Waals surface area (Å²) in [6, 6.07) is 18.0. The van der Waals surface area contributed by atoms with Gasteiger partial charge in [-0.05, 0) is 37.3 Å². The van der Waals surface area contributed by atoms with Gasteiger partial charge in [-0.25, -0.2) is 0 Å². The van der Waals surface area contributed by atoms with Crippen molar-refractivity contribution in [1.29, 1.82) is 0 Å². The number of carbonyl (C=O) groups is 2. The van der Waals surface area contributed by atoms with Gasteiger partial charge in [-0.15, -0.1) is 0 Å². The SMILES string of the molecule is O=C(O)C1CCCCC1C(=O)NCc1ccccc1OCCCc1ccccc1. The van der Waals surface area contributed by atoms with Crippen LogP contribution in [0.4, 0.5) is 0 Å². The Morgan fingerprint density at radius 2 is 1.66 bits per heavy atom. The molecule has 3 rings (SSSR count). The Hall–Kier alpha value is -2.82. The van der Waals surface area contributed by atoms with Crippen LogP contribution < -0.4 is 10.1 Å². The molecule has 0 heterocycles. The van der Waals surface area contributed by atoms with Crippen molar-refractivity contribution in [3.05, 3.63) is 65.7 Å². The summed E-state index contributed by atoms with van der Waals surface area (Å²) in [4.78, 5) is 24.0. The van der Waals surface area contributed by atoms with Gasteiger partial charge in [0.25, 0.3) is 0 Å². The summed E-state index contributed by atoms with van der Waals surface area (Å²) < 4.78 is 5.95. The van der Waals surface area contributed by atoms with E-state index in [1.54, 1.807) is 0 Å². The molecule has 0 aromatic heterocycles. The lowest BCUT2D eigenvalue weighted by Gasteiger charge is -2.27. The average molecular weight is 395 g/mol. The zero-order valence-electron chi connectivity index (χ0n) is 16.7. The summed E-state index contributed by atoms with van der Waals surface area (Å²) in [5.74, 6) is -1.30. The molecule has 0 aliphatic heterocycles. The molecule has 1 fully saturated rings. The van der Waals surface area contributed by atoms with Crippen LogP contribution in [0.25, 0.3) is 0 Å². The summed E-state index contributed by atoms with van der Waals surface area (Å²) in [6.07, 6.45) is 4.86. The van der Waals surface area contributed by atoms with E-state index < -0.39 is 17.8 Å². The van der Waals surface area contributed by atoms with Crippen LogP contribution in [0.2, 0.25) is 0 Å². The number of carbonyl (C=O) groups excluding carboxylic acids is 1. The van der Waals surface area contributed by atoms with Gasteiger partial charge in [-0.1, -0.05) is 61.4 Å². The zero-order chi connectivity index (χ0) is 20.5. The van der Waals surface area contributed by atoms with E-state index >= 15 is 0 Å². The average Bonchev–Trinajstić information content (AvgIpc) is 2.76. The Bertz CT molecular complexity index is 806. The van der Waals surface area contributed by atoms with Crippen LogP contribution in [-0.2, 0) is 22.6 Å². The standard InChI is InChI=1S/C24H29NO4/c26-23(20-13-5-6-14-21(20)24(27)28)25-17-19-12-4-7-15-22(19)29-16-8-11-18-9-2-1-3-10-18/h1-4,7,9-10,12,15,20-21H,5-6,8,11,13-14,16-17H2,(H,25,26)(H,27,28). The van der Waals surface area contributed by atoms with Crippen LogP contribution >= 0.6 is 0 Å². The number of aryl methyl sites for hydroxylation is 1. The number of hydrogen-bond acceptors (Lipinski definition) is 3. The molecule has 2 N–H and O–H groups in total. The molecule has 2 unspecified atom stereocenters. The Morgan fingerprint density at radius 3 is 2.41 bits per heavy atom. The Balaban J connectivity index is 1.50. The number of nitrogens with one attached hydrogen (secondary N) is 1. The second-order valence-corrected chi connectivity index (χ2v) is 7.60. The summed E-state index contributed by atoms with van der Waals surface area (Å²) in [6.45, 7) is 0.945. The Labute approximate surface area is 172 Å². The Morgan fingerprint density at radius 1 is 0.966 bits per heavy atom. The third-order valence-electron chi connectivity index (χ3n) is 5.56. The minimum atomic E-state index is -0.869. The number of carboxylic acids is 1. The highest BCUT2D eigenvalue weighted by molar-refractivity contribution is 5.84. The molecule has 2 atom stereocenters. The highest BCUT2D eigenvalue weighted by Crippen LogP contribution is 2.30. The second kappa shape index (κ2) is 10.6. The number of hydrogen-bond donors (Lipinski definition) is 2. The van der Waals surface area contributed by atoms with E-state index in [4.69, 9.17) is 4.74 Å². The van der Waals surface area contributed by atoms with Gasteiger partial charge in [0.15, 0.2) is 0 Å². The molecule has 1 aliphatic rings. The monoisotopic (exact) mass is 395 g/mol. The lowest BCUT2D eigenvalue weighted by atomic mass is 9.78. The molecule has 0 radical (unpaired) electrons. The first-order chi connectivity index (χ1) is 14.1. The molecule has 2 aromatic rings. The second-order valence-electron chi connectivity index (χ2n) is 7.60. The fourth-order valence-corrected chi connectivity index (χ4v) is 3.95. The highest BCUT2D eigenvalue weighted by atomic mass is 16.5. The maximum Gasteiger partial charge on any atom is 0.307 e. The van der Waals surface area contributed by atoms with E-state index in [1.807, 2.05) is 42.5 Å². The minimum Gasteiger partial charge on any atom is -0.493 e. The van der Waals surface area contributed by atoms with E-state index in [0.29, 0.717) is 26.0 Å². The van der Waals surface area contributed by atoms with Gasteiger partial charge in [0.2, 0.25) is 5.91 Å². The van der Waals surface area contributed by atoms with Crippen molar-refractivity contribution in [2.75, 3.05) is 6.61 Å². The van der Waals surface area contributed by atoms with E-state index in [1.165, 1.54) is 5.56 Å². The first-order valence-electron chi connectivity index (χ1n) is 10.4. The van der Waals surface area contributed by atoms with Crippen LogP contribution in [0, 0.1) is 11.8 Å². The number of benzene rings is 2. The third kappa shape index (κ3) is 6.08. The number of amides is 1. The Kier molecular flexibility index (Phi) is 7.68. The predicted molar refractivity (Wildman–Crippen MR) is 112 cm³/mol. The number of carboxylic acid groups (broad SMARTS) is 1. The topological polar surface area (TPSA) is 75.6 Å². The lowest BCUT2D eigenvalue weighted by Crippen LogP contribution is -2.39. The maximum atomic E-state index is 12.6. The molecular formula is C24H29NO4. The molecule has 154 valence electrons. The van der Waals surface area contributed by atoms with E-state index in [2.05, 4.69) is 17.4 Å². The molecule has 0 spiro atoms. The van der Waals surface area contributed by atoms with Crippen LogP contribution in [0.5, 0.6) is 5.75 Å². The summed E-state index contributed by atoms with van der Waals surface area (Å²) in [7, 11) is 0. The van der Waals surface area contributed by atoms with Gasteiger partial charge in [0, 0.05) is 12.1 Å². The molecule has 0 bridgehead atoms. The molecule has 2 aromatic carbocycles. The third-order valence-corrected chi connectivity index (χ3v) is 5.56. The van der Waals surface area contributed by atoms with Gasteiger partial charge in [0.1, 0.15) is 5.75 Å². The maximum absolute atomic E-state index is 12.6. The number of aliphatic carboxylic acids is 1. The summed E-state index contributed by atoms with van der Waals surface area (Å²) >= 11 is 0. The largest absolute Gasteiger partial charge is 0.493 e. The minimum absolute atomic E-state index is 0.170. The van der Waals surface area contributed by atoms with Crippen molar-refractivity contribution in [2.24, 2.45) is 11.8 Å². The van der Waals surface area contributed by atoms with Gasteiger partial charge in [0.05, 0.1) is 18.4 Å². The van der Waals surface area contributed by atoms with Crippen molar-refractivity contribution >= 4 is 11.9 Å². The summed E-state index contributed by atoms with van der Waals surface area (Å²) in [5.41, 5.74) is 2.19. The highest BCUT2D eigenvalue weighted by Gasteiger charge is 2.35. The molecule has 0 saturated heterocycles.